The zero-order valence-electron chi connectivity index (χ0n) is 25.0. The number of nitrogens with zero attached hydrogens (tertiary/aromatic N) is 5. The molecule has 6 nitrogen and oxygen atoms in total. The third kappa shape index (κ3) is 4.93. The Morgan fingerprint density at radius 3 is 2.23 bits per heavy atom. The largest absolute Gasteiger partial charge is 0.337 e. The quantitative estimate of drug-likeness (QED) is 0.215. The lowest BCUT2D eigenvalue weighted by atomic mass is 9.92. The van der Waals surface area contributed by atoms with Gasteiger partial charge in [0.05, 0.1) is 28.8 Å². The smallest absolute Gasteiger partial charge is 0.179 e. The number of aryl methyl sites for hydroxylation is 3. The number of benzene rings is 4. The summed E-state index contributed by atoms with van der Waals surface area (Å²) in [6, 6.07) is 36.2. The second-order valence-electron chi connectivity index (χ2n) is 11.2. The highest BCUT2D eigenvalue weighted by Crippen LogP contribution is 2.48. The Bertz CT molecular complexity index is 1810. The number of amidine groups is 2. The van der Waals surface area contributed by atoms with Gasteiger partial charge in [-0.1, -0.05) is 87.0 Å². The summed E-state index contributed by atoms with van der Waals surface area (Å²) in [5.41, 5.74) is 9.84. The van der Waals surface area contributed by atoms with Crippen molar-refractivity contribution >= 4 is 34.6 Å². The van der Waals surface area contributed by atoms with Crippen molar-refractivity contribution in [1.29, 1.82) is 0 Å². The summed E-state index contributed by atoms with van der Waals surface area (Å²) in [7, 11) is 0. The van der Waals surface area contributed by atoms with Crippen LogP contribution in [0, 0.1) is 6.92 Å². The molecule has 3 heterocycles. The van der Waals surface area contributed by atoms with E-state index in [1.807, 2.05) is 28.9 Å². The first-order chi connectivity index (χ1) is 21.1. The predicted octanol–water partition coefficient (Wildman–Crippen LogP) is 8.88. The molecule has 0 aliphatic carbocycles. The zero-order valence-corrected chi connectivity index (χ0v) is 25.0. The molecule has 0 spiro atoms. The van der Waals surface area contributed by atoms with E-state index in [0.717, 1.165) is 64.3 Å². The van der Waals surface area contributed by atoms with Gasteiger partial charge in [0.15, 0.2) is 17.5 Å². The monoisotopic (exact) mass is 564 g/mol. The Balaban J connectivity index is 1.41. The Morgan fingerprint density at radius 2 is 1.49 bits per heavy atom. The molecule has 1 aromatic heterocycles. The van der Waals surface area contributed by atoms with E-state index in [0.29, 0.717) is 0 Å². The molecule has 0 amide bonds. The third-order valence-electron chi connectivity index (χ3n) is 8.38. The van der Waals surface area contributed by atoms with E-state index >= 15 is 0 Å². The van der Waals surface area contributed by atoms with Gasteiger partial charge in [0.1, 0.15) is 0 Å². The summed E-state index contributed by atoms with van der Waals surface area (Å²) in [6.07, 6.45) is 4.48. The van der Waals surface area contributed by atoms with Gasteiger partial charge in [-0.3, -0.25) is 0 Å². The first kappa shape index (κ1) is 26.9. The maximum Gasteiger partial charge on any atom is 0.179 e. The molecule has 4 aromatic carbocycles. The number of rotatable bonds is 7. The van der Waals surface area contributed by atoms with Crippen molar-refractivity contribution in [3.63, 3.8) is 0 Å². The molecule has 1 atom stereocenters. The second-order valence-corrected chi connectivity index (χ2v) is 11.2. The summed E-state index contributed by atoms with van der Waals surface area (Å²) >= 11 is 0. The van der Waals surface area contributed by atoms with Crippen LogP contribution in [0.5, 0.6) is 0 Å². The summed E-state index contributed by atoms with van der Waals surface area (Å²) in [5, 5.41) is 8.69. The number of fused-ring (bicyclic) bond motifs is 4. The maximum atomic E-state index is 5.36. The van der Waals surface area contributed by atoms with Crippen LogP contribution in [0.15, 0.2) is 113 Å². The summed E-state index contributed by atoms with van der Waals surface area (Å²) in [4.78, 5) is 12.8. The number of hydrogen-bond donors (Lipinski definition) is 1. The van der Waals surface area contributed by atoms with E-state index in [1.54, 1.807) is 0 Å². The van der Waals surface area contributed by atoms with Crippen molar-refractivity contribution in [2.75, 3.05) is 10.2 Å². The zero-order chi connectivity index (χ0) is 29.3. The van der Waals surface area contributed by atoms with Crippen LogP contribution in [0.4, 0.5) is 22.9 Å². The lowest BCUT2D eigenvalue weighted by Gasteiger charge is -2.40. The summed E-state index contributed by atoms with van der Waals surface area (Å²) < 4.78 is 1.98. The molecule has 6 heteroatoms. The minimum atomic E-state index is -0.129. The van der Waals surface area contributed by atoms with Crippen LogP contribution in [0.1, 0.15) is 60.7 Å². The minimum Gasteiger partial charge on any atom is -0.337 e. The molecular weight excluding hydrogens is 528 g/mol. The molecule has 43 heavy (non-hydrogen) atoms. The fourth-order valence-electron chi connectivity index (χ4n) is 6.07. The number of hydrogen-bond acceptors (Lipinski definition) is 5. The highest BCUT2D eigenvalue weighted by atomic mass is 15.4. The van der Waals surface area contributed by atoms with Gasteiger partial charge in [0.25, 0.3) is 0 Å². The normalized spacial score (nSPS) is 15.2. The van der Waals surface area contributed by atoms with Gasteiger partial charge in [-0.25, -0.2) is 14.7 Å². The van der Waals surface area contributed by atoms with Gasteiger partial charge in [-0.15, -0.1) is 0 Å². The van der Waals surface area contributed by atoms with Gasteiger partial charge in [0, 0.05) is 11.3 Å². The lowest BCUT2D eigenvalue weighted by Crippen LogP contribution is -2.46. The fourth-order valence-corrected chi connectivity index (χ4v) is 6.07. The van der Waals surface area contributed by atoms with Crippen LogP contribution in [0.25, 0.3) is 5.69 Å². The topological polar surface area (TPSA) is 57.8 Å². The van der Waals surface area contributed by atoms with Gasteiger partial charge >= 0.3 is 0 Å². The van der Waals surface area contributed by atoms with Crippen molar-refractivity contribution in [2.45, 2.75) is 52.5 Å². The van der Waals surface area contributed by atoms with Gasteiger partial charge in [0.2, 0.25) is 0 Å². The van der Waals surface area contributed by atoms with Crippen molar-refractivity contribution in [1.82, 2.24) is 9.78 Å². The Labute approximate surface area is 253 Å². The maximum absolute atomic E-state index is 5.36. The first-order valence-corrected chi connectivity index (χ1v) is 15.3. The van der Waals surface area contributed by atoms with E-state index in [4.69, 9.17) is 15.1 Å². The van der Waals surface area contributed by atoms with E-state index in [9.17, 15) is 0 Å². The standard InChI is InChI=1S/C37H36N6/c1-4-6-12-27-19-23-29(24-20-27)38-35-37-40-36-33(25(3)41-43(36)30-13-8-7-9-14-30)34(28-21-17-26(5-2)18-22-28)42(37)32-16-11-10-15-31(32)39-35/h7-11,13-24,34H,4-6,12H2,1-3H3,(H,38,39). The molecule has 2 aliphatic heterocycles. The number of para-hydroxylation sites is 3. The predicted molar refractivity (Wildman–Crippen MR) is 178 cm³/mol. The van der Waals surface area contributed by atoms with Crippen LogP contribution in [0.2, 0.25) is 0 Å². The molecule has 0 saturated heterocycles. The molecule has 1 N–H and O–H groups in total. The average molecular weight is 565 g/mol. The second kappa shape index (κ2) is 11.4. The van der Waals surface area contributed by atoms with Crippen LogP contribution in [-0.2, 0) is 12.8 Å². The number of aliphatic imine (C=N–C) groups is 2. The Kier molecular flexibility index (Phi) is 7.11. The Morgan fingerprint density at radius 1 is 0.767 bits per heavy atom. The lowest BCUT2D eigenvalue weighted by molar-refractivity contribution is 0.795. The van der Waals surface area contributed by atoms with Crippen molar-refractivity contribution in [2.24, 2.45) is 9.98 Å². The molecule has 0 bridgehead atoms. The van der Waals surface area contributed by atoms with E-state index < -0.39 is 0 Å². The molecule has 0 fully saturated rings. The van der Waals surface area contributed by atoms with Gasteiger partial charge in [-0.2, -0.15) is 5.10 Å². The molecule has 2 aliphatic rings. The van der Waals surface area contributed by atoms with Crippen LogP contribution >= 0.6 is 0 Å². The SMILES string of the molecule is CCCCc1ccc(NC2=Nc3ccccc3N3C2=Nc2c(c(C)nn2-c2ccccc2)C3c2ccc(CC)cc2)cc1. The molecule has 0 radical (unpaired) electrons. The van der Waals surface area contributed by atoms with Gasteiger partial charge in [-0.05, 0) is 79.3 Å². The molecule has 0 saturated carbocycles. The molecule has 7 rings (SSSR count). The van der Waals surface area contributed by atoms with Crippen molar-refractivity contribution in [3.8, 4) is 5.69 Å². The highest BCUT2D eigenvalue weighted by Gasteiger charge is 2.41. The Hall–Kier alpha value is -4.97. The molecule has 5 aromatic rings. The van der Waals surface area contributed by atoms with Crippen LogP contribution in [0.3, 0.4) is 0 Å². The number of nitrogens with one attached hydrogen (secondary N) is 1. The highest BCUT2D eigenvalue weighted by molar-refractivity contribution is 6.51. The molecule has 1 unspecified atom stereocenters. The molecular formula is C37H36N6. The van der Waals surface area contributed by atoms with E-state index in [-0.39, 0.29) is 6.04 Å². The number of unbranched alkanes of at least 4 members (excludes halogenated alkanes) is 1. The average Bonchev–Trinajstić information content (AvgIpc) is 3.39. The summed E-state index contributed by atoms with van der Waals surface area (Å²) in [5.74, 6) is 2.34. The van der Waals surface area contributed by atoms with E-state index in [1.165, 1.54) is 29.5 Å². The number of anilines is 2. The first-order valence-electron chi connectivity index (χ1n) is 15.3. The summed E-state index contributed by atoms with van der Waals surface area (Å²) in [6.45, 7) is 6.52. The van der Waals surface area contributed by atoms with Gasteiger partial charge < -0.3 is 10.2 Å². The van der Waals surface area contributed by atoms with E-state index in [2.05, 4.69) is 110 Å². The molecule has 214 valence electrons. The minimum absolute atomic E-state index is 0.129. The van der Waals surface area contributed by atoms with Crippen LogP contribution < -0.4 is 10.2 Å². The van der Waals surface area contributed by atoms with Crippen molar-refractivity contribution < 1.29 is 0 Å². The number of aromatic nitrogens is 2. The van der Waals surface area contributed by atoms with Crippen LogP contribution in [-0.4, -0.2) is 21.5 Å². The fraction of sp³-hybridized carbons (Fsp3) is 0.216. The van der Waals surface area contributed by atoms with Crippen molar-refractivity contribution in [3.05, 3.63) is 131 Å². The third-order valence-corrected chi connectivity index (χ3v) is 8.38.